The first-order valence-electron chi connectivity index (χ1n) is 10.5. The van der Waals surface area contributed by atoms with Gasteiger partial charge in [-0.2, -0.15) is 4.31 Å². The van der Waals surface area contributed by atoms with Crippen molar-refractivity contribution in [3.05, 3.63) is 47.5 Å². The van der Waals surface area contributed by atoms with E-state index < -0.39 is 10.0 Å². The first kappa shape index (κ1) is 24.7. The molecule has 2 aromatic carbocycles. The molecule has 2 aromatic rings. The van der Waals surface area contributed by atoms with E-state index in [1.807, 2.05) is 32.0 Å². The molecule has 1 amide bonds. The molecule has 0 aliphatic heterocycles. The monoisotopic (exact) mass is 448 g/mol. The lowest BCUT2D eigenvalue weighted by Gasteiger charge is -2.21. The molecule has 0 spiro atoms. The summed E-state index contributed by atoms with van der Waals surface area (Å²) in [4.78, 5) is 12.4. The summed E-state index contributed by atoms with van der Waals surface area (Å²) < 4.78 is 38.7. The van der Waals surface area contributed by atoms with Gasteiger partial charge in [-0.3, -0.25) is 4.79 Å². The molecule has 0 atom stereocenters. The third kappa shape index (κ3) is 6.45. The largest absolute Gasteiger partial charge is 0.493 e. The zero-order valence-corrected chi connectivity index (χ0v) is 19.7. The van der Waals surface area contributed by atoms with Gasteiger partial charge in [-0.05, 0) is 56.2 Å². The number of carbonyl (C=O) groups excluding carboxylic acids is 1. The second kappa shape index (κ2) is 11.2. The van der Waals surface area contributed by atoms with Crippen LogP contribution in [0.5, 0.6) is 11.5 Å². The number of carbonyl (C=O) groups is 1. The average Bonchev–Trinajstić information content (AvgIpc) is 2.72. The van der Waals surface area contributed by atoms with Crippen molar-refractivity contribution in [1.82, 2.24) is 4.31 Å². The van der Waals surface area contributed by atoms with E-state index in [1.165, 1.54) is 10.4 Å². The maximum atomic E-state index is 13.0. The van der Waals surface area contributed by atoms with Gasteiger partial charge in [-0.25, -0.2) is 8.42 Å². The summed E-state index contributed by atoms with van der Waals surface area (Å²) >= 11 is 0. The Morgan fingerprint density at radius 2 is 1.68 bits per heavy atom. The number of nitrogens with one attached hydrogen (secondary N) is 1. The van der Waals surface area contributed by atoms with Gasteiger partial charge in [0.1, 0.15) is 16.4 Å². The zero-order valence-electron chi connectivity index (χ0n) is 18.9. The summed E-state index contributed by atoms with van der Waals surface area (Å²) in [6.45, 7) is 10.5. The lowest BCUT2D eigenvalue weighted by molar-refractivity contribution is -0.116. The number of benzene rings is 2. The first-order valence-corrected chi connectivity index (χ1v) is 11.9. The molecule has 0 radical (unpaired) electrons. The van der Waals surface area contributed by atoms with E-state index >= 15 is 0 Å². The molecule has 0 aliphatic rings. The van der Waals surface area contributed by atoms with Crippen LogP contribution in [0.1, 0.15) is 38.3 Å². The van der Waals surface area contributed by atoms with E-state index in [2.05, 4.69) is 5.32 Å². The normalized spacial score (nSPS) is 11.4. The van der Waals surface area contributed by atoms with Crippen molar-refractivity contribution in [2.24, 2.45) is 0 Å². The number of hydrogen-bond acceptors (Lipinski definition) is 5. The SMILES string of the molecule is CCOc1ccc(NC(=O)CCOc2cc(C)ccc2C)cc1S(=O)(=O)N(CC)CC. The summed E-state index contributed by atoms with van der Waals surface area (Å²) in [6.07, 6.45) is 0.138. The minimum Gasteiger partial charge on any atom is -0.493 e. The maximum absolute atomic E-state index is 13.0. The van der Waals surface area contributed by atoms with Crippen LogP contribution in [0.3, 0.4) is 0 Å². The van der Waals surface area contributed by atoms with Crippen LogP contribution in [0, 0.1) is 13.8 Å². The smallest absolute Gasteiger partial charge is 0.246 e. The van der Waals surface area contributed by atoms with Crippen LogP contribution in [0.25, 0.3) is 0 Å². The molecule has 0 saturated carbocycles. The lowest BCUT2D eigenvalue weighted by atomic mass is 10.1. The molecule has 0 aliphatic carbocycles. The molecule has 31 heavy (non-hydrogen) atoms. The molecule has 0 heterocycles. The van der Waals surface area contributed by atoms with Crippen molar-refractivity contribution in [3.8, 4) is 11.5 Å². The minimum atomic E-state index is -3.74. The third-order valence-corrected chi connectivity index (χ3v) is 6.85. The Labute approximate surface area is 185 Å². The van der Waals surface area contributed by atoms with Crippen molar-refractivity contribution in [1.29, 1.82) is 0 Å². The van der Waals surface area contributed by atoms with Crippen LogP contribution in [0.2, 0.25) is 0 Å². The Hall–Kier alpha value is -2.58. The van der Waals surface area contributed by atoms with Crippen molar-refractivity contribution >= 4 is 21.6 Å². The molecule has 8 heteroatoms. The van der Waals surface area contributed by atoms with Gasteiger partial charge < -0.3 is 14.8 Å². The van der Waals surface area contributed by atoms with E-state index in [9.17, 15) is 13.2 Å². The first-order chi connectivity index (χ1) is 14.7. The highest BCUT2D eigenvalue weighted by molar-refractivity contribution is 7.89. The predicted octanol–water partition coefficient (Wildman–Crippen LogP) is 4.14. The van der Waals surface area contributed by atoms with E-state index in [0.29, 0.717) is 25.4 Å². The number of anilines is 1. The molecule has 170 valence electrons. The second-order valence-electron chi connectivity index (χ2n) is 7.10. The number of hydrogen-bond donors (Lipinski definition) is 1. The predicted molar refractivity (Wildman–Crippen MR) is 122 cm³/mol. The molecular weight excluding hydrogens is 416 g/mol. The summed E-state index contributed by atoms with van der Waals surface area (Å²) in [7, 11) is -3.74. The number of sulfonamides is 1. The van der Waals surface area contributed by atoms with Crippen LogP contribution in [-0.4, -0.2) is 44.9 Å². The van der Waals surface area contributed by atoms with Crippen LogP contribution < -0.4 is 14.8 Å². The molecule has 2 rings (SSSR count). The summed E-state index contributed by atoms with van der Waals surface area (Å²) in [6, 6.07) is 10.6. The molecule has 0 saturated heterocycles. The summed E-state index contributed by atoms with van der Waals surface area (Å²) in [5.74, 6) is 0.757. The third-order valence-electron chi connectivity index (χ3n) is 4.78. The zero-order chi connectivity index (χ0) is 23.0. The van der Waals surface area contributed by atoms with Crippen LogP contribution in [0.4, 0.5) is 5.69 Å². The van der Waals surface area contributed by atoms with Crippen molar-refractivity contribution < 1.29 is 22.7 Å². The highest BCUT2D eigenvalue weighted by atomic mass is 32.2. The molecule has 0 bridgehead atoms. The Morgan fingerprint density at radius 3 is 2.32 bits per heavy atom. The van der Waals surface area contributed by atoms with Gasteiger partial charge in [0.05, 0.1) is 19.6 Å². The Morgan fingerprint density at radius 1 is 0.968 bits per heavy atom. The molecule has 0 fully saturated rings. The summed E-state index contributed by atoms with van der Waals surface area (Å²) in [5.41, 5.74) is 2.48. The van der Waals surface area contributed by atoms with Gasteiger partial charge in [-0.1, -0.05) is 26.0 Å². The van der Waals surface area contributed by atoms with Crippen molar-refractivity contribution in [3.63, 3.8) is 0 Å². The average molecular weight is 449 g/mol. The second-order valence-corrected chi connectivity index (χ2v) is 9.01. The van der Waals surface area contributed by atoms with Gasteiger partial charge in [0.2, 0.25) is 15.9 Å². The molecule has 0 aromatic heterocycles. The highest BCUT2D eigenvalue weighted by Gasteiger charge is 2.26. The van der Waals surface area contributed by atoms with Gasteiger partial charge in [0.25, 0.3) is 0 Å². The van der Waals surface area contributed by atoms with E-state index in [4.69, 9.17) is 9.47 Å². The Balaban J connectivity index is 2.12. The van der Waals surface area contributed by atoms with Crippen LogP contribution in [-0.2, 0) is 14.8 Å². The van der Waals surface area contributed by atoms with Gasteiger partial charge in [0, 0.05) is 18.8 Å². The number of nitrogens with zero attached hydrogens (tertiary/aromatic N) is 1. The lowest BCUT2D eigenvalue weighted by Crippen LogP contribution is -2.31. The fourth-order valence-electron chi connectivity index (χ4n) is 3.10. The molecule has 1 N–H and O–H groups in total. The van der Waals surface area contributed by atoms with Crippen LogP contribution in [0.15, 0.2) is 41.3 Å². The van der Waals surface area contributed by atoms with Gasteiger partial charge in [-0.15, -0.1) is 0 Å². The molecular formula is C23H32N2O5S. The Bertz CT molecular complexity index is 1000. The maximum Gasteiger partial charge on any atom is 0.246 e. The van der Waals surface area contributed by atoms with E-state index in [-0.39, 0.29) is 29.6 Å². The van der Waals surface area contributed by atoms with Crippen LogP contribution >= 0.6 is 0 Å². The highest BCUT2D eigenvalue weighted by Crippen LogP contribution is 2.30. The fourth-order valence-corrected chi connectivity index (χ4v) is 4.72. The van der Waals surface area contributed by atoms with Crippen molar-refractivity contribution in [2.45, 2.75) is 45.9 Å². The summed E-state index contributed by atoms with van der Waals surface area (Å²) in [5, 5.41) is 2.75. The van der Waals surface area contributed by atoms with E-state index in [0.717, 1.165) is 16.9 Å². The molecule has 0 unspecified atom stereocenters. The standard InChI is InChI=1S/C23H32N2O5S/c1-6-25(7-2)31(27,28)22-16-19(11-12-20(22)29-8-3)24-23(26)13-14-30-21-15-17(4)9-10-18(21)5/h9-12,15-16H,6-8,13-14H2,1-5H3,(H,24,26). The number of ether oxygens (including phenoxy) is 2. The quantitative estimate of drug-likeness (QED) is 0.558. The fraction of sp³-hybridized carbons (Fsp3) is 0.435. The van der Waals surface area contributed by atoms with Gasteiger partial charge in [0.15, 0.2) is 0 Å². The topological polar surface area (TPSA) is 84.9 Å². The van der Waals surface area contributed by atoms with Gasteiger partial charge >= 0.3 is 0 Å². The molecule has 7 nitrogen and oxygen atoms in total. The number of amides is 1. The van der Waals surface area contributed by atoms with E-state index in [1.54, 1.807) is 32.9 Å². The number of rotatable bonds is 11. The minimum absolute atomic E-state index is 0.0440. The van der Waals surface area contributed by atoms with Crippen molar-refractivity contribution in [2.75, 3.05) is 31.6 Å². The Kier molecular flexibility index (Phi) is 8.88. The number of aryl methyl sites for hydroxylation is 2.